The lowest BCUT2D eigenvalue weighted by Gasteiger charge is -2.14. The van der Waals surface area contributed by atoms with Gasteiger partial charge < -0.3 is 5.73 Å². The van der Waals surface area contributed by atoms with Crippen LogP contribution < -0.4 is 5.73 Å². The average molecular weight is 261 g/mol. The monoisotopic (exact) mass is 260 g/mol. The smallest absolute Gasteiger partial charge is 0.0423 e. The standard InChI is InChI=1S/C15H17ClN2/c1-10-6-7-14(11(2)18-10)15(17)9-12-4-3-5-13(16)8-12/h3-8,15H,9,17H2,1-2H3. The molecule has 2 rings (SSSR count). The predicted molar refractivity (Wildman–Crippen MR) is 75.8 cm³/mol. The number of hydrogen-bond donors (Lipinski definition) is 1. The number of hydrogen-bond acceptors (Lipinski definition) is 2. The van der Waals surface area contributed by atoms with Crippen LogP contribution in [-0.2, 0) is 6.42 Å². The second-order valence-electron chi connectivity index (χ2n) is 4.57. The average Bonchev–Trinajstić information content (AvgIpc) is 2.28. The van der Waals surface area contributed by atoms with Crippen LogP contribution in [0.1, 0.15) is 28.6 Å². The highest BCUT2D eigenvalue weighted by atomic mass is 35.5. The van der Waals surface area contributed by atoms with Crippen molar-refractivity contribution in [1.29, 1.82) is 0 Å². The molecule has 0 spiro atoms. The summed E-state index contributed by atoms with van der Waals surface area (Å²) in [7, 11) is 0. The van der Waals surface area contributed by atoms with Crippen LogP contribution in [0.25, 0.3) is 0 Å². The van der Waals surface area contributed by atoms with E-state index in [0.717, 1.165) is 34.0 Å². The fourth-order valence-corrected chi connectivity index (χ4v) is 2.33. The lowest BCUT2D eigenvalue weighted by molar-refractivity contribution is 0.709. The zero-order valence-corrected chi connectivity index (χ0v) is 11.4. The molecular weight excluding hydrogens is 244 g/mol. The van der Waals surface area contributed by atoms with E-state index in [4.69, 9.17) is 17.3 Å². The van der Waals surface area contributed by atoms with Gasteiger partial charge in [0.25, 0.3) is 0 Å². The summed E-state index contributed by atoms with van der Waals surface area (Å²) in [4.78, 5) is 4.45. The number of halogens is 1. The molecule has 2 aromatic rings. The van der Waals surface area contributed by atoms with Gasteiger partial charge in [-0.15, -0.1) is 0 Å². The van der Waals surface area contributed by atoms with Gasteiger partial charge in [0.2, 0.25) is 0 Å². The minimum Gasteiger partial charge on any atom is -0.324 e. The zero-order chi connectivity index (χ0) is 13.1. The first-order valence-corrected chi connectivity index (χ1v) is 6.38. The summed E-state index contributed by atoms with van der Waals surface area (Å²) in [6.07, 6.45) is 0.770. The first-order chi connectivity index (χ1) is 8.56. The lowest BCUT2D eigenvalue weighted by atomic mass is 9.98. The highest BCUT2D eigenvalue weighted by molar-refractivity contribution is 6.30. The second-order valence-corrected chi connectivity index (χ2v) is 5.00. The molecule has 0 aliphatic carbocycles. The molecule has 0 saturated carbocycles. The number of nitrogens with zero attached hydrogens (tertiary/aromatic N) is 1. The maximum Gasteiger partial charge on any atom is 0.0423 e. The Labute approximate surface area is 113 Å². The van der Waals surface area contributed by atoms with E-state index in [0.29, 0.717) is 0 Å². The SMILES string of the molecule is Cc1ccc(C(N)Cc2cccc(Cl)c2)c(C)n1. The van der Waals surface area contributed by atoms with Gasteiger partial charge in [0, 0.05) is 22.5 Å². The number of rotatable bonds is 3. The summed E-state index contributed by atoms with van der Waals surface area (Å²) in [5, 5.41) is 0.749. The summed E-state index contributed by atoms with van der Waals surface area (Å²) in [5.74, 6) is 0. The maximum atomic E-state index is 6.24. The molecule has 1 aromatic heterocycles. The predicted octanol–water partition coefficient (Wildman–Crippen LogP) is 3.59. The molecule has 1 atom stereocenters. The molecule has 0 fully saturated rings. The fourth-order valence-electron chi connectivity index (χ4n) is 2.12. The van der Waals surface area contributed by atoms with E-state index in [2.05, 4.69) is 11.1 Å². The highest BCUT2D eigenvalue weighted by Gasteiger charge is 2.11. The van der Waals surface area contributed by atoms with E-state index in [-0.39, 0.29) is 6.04 Å². The Balaban J connectivity index is 2.19. The molecule has 0 aliphatic heterocycles. The van der Waals surface area contributed by atoms with E-state index in [9.17, 15) is 0 Å². The number of benzene rings is 1. The molecule has 94 valence electrons. The van der Waals surface area contributed by atoms with Crippen molar-refractivity contribution in [1.82, 2.24) is 4.98 Å². The van der Waals surface area contributed by atoms with Crippen molar-refractivity contribution in [3.8, 4) is 0 Å². The molecule has 2 nitrogen and oxygen atoms in total. The molecule has 18 heavy (non-hydrogen) atoms. The molecular formula is C15H17ClN2. The molecule has 0 radical (unpaired) electrons. The summed E-state index contributed by atoms with van der Waals surface area (Å²) in [5.41, 5.74) is 10.5. The van der Waals surface area contributed by atoms with Gasteiger partial charge >= 0.3 is 0 Å². The van der Waals surface area contributed by atoms with Gasteiger partial charge in [0.15, 0.2) is 0 Å². The third kappa shape index (κ3) is 3.09. The van der Waals surface area contributed by atoms with Crippen LogP contribution in [0.3, 0.4) is 0 Å². The normalized spacial score (nSPS) is 12.4. The Morgan fingerprint density at radius 1 is 1.22 bits per heavy atom. The Bertz CT molecular complexity index is 552. The van der Waals surface area contributed by atoms with Gasteiger partial charge in [0.05, 0.1) is 0 Å². The molecule has 1 unspecified atom stereocenters. The van der Waals surface area contributed by atoms with Crippen LogP contribution in [0.15, 0.2) is 36.4 Å². The molecule has 1 aromatic carbocycles. The Morgan fingerprint density at radius 2 is 2.00 bits per heavy atom. The summed E-state index contributed by atoms with van der Waals surface area (Å²) < 4.78 is 0. The van der Waals surface area contributed by atoms with Crippen molar-refractivity contribution in [3.05, 3.63) is 63.9 Å². The second kappa shape index (κ2) is 5.51. The minimum absolute atomic E-state index is 0.0448. The van der Waals surface area contributed by atoms with Gasteiger partial charge in [-0.25, -0.2) is 0 Å². The number of aryl methyl sites for hydroxylation is 2. The van der Waals surface area contributed by atoms with Gasteiger partial charge in [-0.05, 0) is 49.6 Å². The first kappa shape index (κ1) is 13.1. The quantitative estimate of drug-likeness (QED) is 0.916. The van der Waals surface area contributed by atoms with Crippen LogP contribution in [0.2, 0.25) is 5.02 Å². The van der Waals surface area contributed by atoms with Crippen LogP contribution in [0.4, 0.5) is 0 Å². The highest BCUT2D eigenvalue weighted by Crippen LogP contribution is 2.20. The van der Waals surface area contributed by atoms with E-state index < -0.39 is 0 Å². The zero-order valence-electron chi connectivity index (χ0n) is 10.7. The van der Waals surface area contributed by atoms with Crippen LogP contribution in [0.5, 0.6) is 0 Å². The number of pyridine rings is 1. The van der Waals surface area contributed by atoms with E-state index >= 15 is 0 Å². The number of nitrogens with two attached hydrogens (primary N) is 1. The number of aromatic nitrogens is 1. The Morgan fingerprint density at radius 3 is 2.67 bits per heavy atom. The van der Waals surface area contributed by atoms with Crippen molar-refractivity contribution in [2.24, 2.45) is 5.73 Å². The largest absolute Gasteiger partial charge is 0.324 e. The molecule has 1 heterocycles. The molecule has 0 bridgehead atoms. The van der Waals surface area contributed by atoms with Gasteiger partial charge in [-0.1, -0.05) is 29.8 Å². The summed E-state index contributed by atoms with van der Waals surface area (Å²) in [6.45, 7) is 3.99. The van der Waals surface area contributed by atoms with E-state index in [1.807, 2.05) is 44.2 Å². The third-order valence-electron chi connectivity index (χ3n) is 3.01. The Kier molecular flexibility index (Phi) is 4.00. The van der Waals surface area contributed by atoms with Gasteiger partial charge in [-0.2, -0.15) is 0 Å². The first-order valence-electron chi connectivity index (χ1n) is 6.00. The van der Waals surface area contributed by atoms with E-state index in [1.54, 1.807) is 0 Å². The molecule has 0 aliphatic rings. The van der Waals surface area contributed by atoms with Gasteiger partial charge in [-0.3, -0.25) is 4.98 Å². The molecule has 3 heteroatoms. The Hall–Kier alpha value is -1.38. The molecule has 0 saturated heterocycles. The third-order valence-corrected chi connectivity index (χ3v) is 3.25. The minimum atomic E-state index is -0.0448. The van der Waals surface area contributed by atoms with Gasteiger partial charge in [0.1, 0.15) is 0 Å². The van der Waals surface area contributed by atoms with Crippen molar-refractivity contribution in [2.45, 2.75) is 26.3 Å². The van der Waals surface area contributed by atoms with E-state index in [1.165, 1.54) is 0 Å². The maximum absolute atomic E-state index is 6.24. The van der Waals surface area contributed by atoms with Crippen LogP contribution in [-0.4, -0.2) is 4.98 Å². The fraction of sp³-hybridized carbons (Fsp3) is 0.267. The van der Waals surface area contributed by atoms with Crippen molar-refractivity contribution in [2.75, 3.05) is 0 Å². The van der Waals surface area contributed by atoms with Crippen molar-refractivity contribution < 1.29 is 0 Å². The van der Waals surface area contributed by atoms with Crippen LogP contribution >= 0.6 is 11.6 Å². The summed E-state index contributed by atoms with van der Waals surface area (Å²) >= 11 is 5.97. The summed E-state index contributed by atoms with van der Waals surface area (Å²) in [6, 6.07) is 11.8. The molecule has 2 N–H and O–H groups in total. The lowest BCUT2D eigenvalue weighted by Crippen LogP contribution is -2.15. The van der Waals surface area contributed by atoms with Crippen LogP contribution in [0, 0.1) is 13.8 Å². The van der Waals surface area contributed by atoms with Crippen molar-refractivity contribution in [3.63, 3.8) is 0 Å². The topological polar surface area (TPSA) is 38.9 Å². The van der Waals surface area contributed by atoms with Crippen molar-refractivity contribution >= 4 is 11.6 Å². The molecule has 0 amide bonds.